The minimum absolute atomic E-state index is 0.184. The maximum absolute atomic E-state index is 12.7. The summed E-state index contributed by atoms with van der Waals surface area (Å²) in [5.74, 6) is -0.184. The molecule has 2 aromatic rings. The predicted molar refractivity (Wildman–Crippen MR) is 94.3 cm³/mol. The molecule has 0 aliphatic heterocycles. The summed E-state index contributed by atoms with van der Waals surface area (Å²) in [5.41, 5.74) is 1.25. The second-order valence-electron chi connectivity index (χ2n) is 6.79. The summed E-state index contributed by atoms with van der Waals surface area (Å²) < 4.78 is 25.4. The number of sulfone groups is 1. The average molecular weight is 348 g/mol. The van der Waals surface area contributed by atoms with Crippen molar-refractivity contribution in [2.24, 2.45) is 0 Å². The van der Waals surface area contributed by atoms with Gasteiger partial charge in [-0.3, -0.25) is 0 Å². The van der Waals surface area contributed by atoms with Gasteiger partial charge in [0.05, 0.1) is 16.2 Å². The monoisotopic (exact) mass is 348 g/mol. The standard InChI is InChI=1S/C19H24O4S/c1-15-10-12-17(13-11-15)24(20,21)14-18(22-23-19(2,3)4)16-8-6-5-7-9-16/h5-13,18H,14H2,1-4H3. The maximum atomic E-state index is 12.7. The molecule has 0 aliphatic rings. The Hall–Kier alpha value is -1.69. The molecule has 1 atom stereocenters. The zero-order chi connectivity index (χ0) is 17.8. The van der Waals surface area contributed by atoms with Crippen LogP contribution in [0.4, 0.5) is 0 Å². The van der Waals surface area contributed by atoms with E-state index in [1.807, 2.05) is 58.0 Å². The van der Waals surface area contributed by atoms with Gasteiger partial charge in [-0.2, -0.15) is 0 Å². The van der Waals surface area contributed by atoms with Crippen molar-refractivity contribution in [3.8, 4) is 0 Å². The molecule has 0 saturated carbocycles. The third kappa shape index (κ3) is 5.44. The lowest BCUT2D eigenvalue weighted by Gasteiger charge is -2.23. The van der Waals surface area contributed by atoms with Crippen LogP contribution in [0.1, 0.15) is 38.0 Å². The van der Waals surface area contributed by atoms with E-state index in [4.69, 9.17) is 9.78 Å². The molecule has 0 spiro atoms. The number of aryl methyl sites for hydroxylation is 1. The zero-order valence-electron chi connectivity index (χ0n) is 14.5. The summed E-state index contributed by atoms with van der Waals surface area (Å²) in [5, 5.41) is 0. The van der Waals surface area contributed by atoms with Crippen LogP contribution < -0.4 is 0 Å². The topological polar surface area (TPSA) is 52.6 Å². The Morgan fingerprint density at radius 1 is 0.958 bits per heavy atom. The molecule has 0 saturated heterocycles. The molecule has 2 aromatic carbocycles. The first-order chi connectivity index (χ1) is 11.2. The lowest BCUT2D eigenvalue weighted by molar-refractivity contribution is -0.372. The highest BCUT2D eigenvalue weighted by Crippen LogP contribution is 2.25. The summed E-state index contributed by atoms with van der Waals surface area (Å²) in [6.45, 7) is 7.47. The molecule has 0 aromatic heterocycles. The number of hydrogen-bond donors (Lipinski definition) is 0. The number of rotatable bonds is 6. The first kappa shape index (κ1) is 18.6. The van der Waals surface area contributed by atoms with E-state index >= 15 is 0 Å². The molecular weight excluding hydrogens is 324 g/mol. The Bertz CT molecular complexity index is 744. The van der Waals surface area contributed by atoms with Crippen LogP contribution in [0.3, 0.4) is 0 Å². The fourth-order valence-corrected chi connectivity index (χ4v) is 3.48. The van der Waals surface area contributed by atoms with Crippen LogP contribution in [-0.4, -0.2) is 19.8 Å². The molecule has 2 rings (SSSR count). The van der Waals surface area contributed by atoms with Crippen molar-refractivity contribution in [3.63, 3.8) is 0 Å². The Labute approximate surface area is 144 Å². The van der Waals surface area contributed by atoms with Crippen LogP contribution in [0, 0.1) is 6.92 Å². The van der Waals surface area contributed by atoms with Gasteiger partial charge in [-0.05, 0) is 45.4 Å². The highest BCUT2D eigenvalue weighted by atomic mass is 32.2. The minimum Gasteiger partial charge on any atom is -0.230 e. The number of benzene rings is 2. The van der Waals surface area contributed by atoms with Gasteiger partial charge in [-0.1, -0.05) is 48.0 Å². The fourth-order valence-electron chi connectivity index (χ4n) is 2.09. The summed E-state index contributed by atoms with van der Waals surface area (Å²) in [4.78, 5) is 11.2. The second kappa shape index (κ2) is 7.47. The Morgan fingerprint density at radius 2 is 1.54 bits per heavy atom. The van der Waals surface area contributed by atoms with Crippen molar-refractivity contribution < 1.29 is 18.2 Å². The highest BCUT2D eigenvalue weighted by Gasteiger charge is 2.26. The molecule has 4 nitrogen and oxygen atoms in total. The molecule has 5 heteroatoms. The molecule has 0 fully saturated rings. The minimum atomic E-state index is -3.50. The summed E-state index contributed by atoms with van der Waals surface area (Å²) >= 11 is 0. The summed E-state index contributed by atoms with van der Waals surface area (Å²) in [6, 6.07) is 16.1. The van der Waals surface area contributed by atoms with Crippen molar-refractivity contribution in [3.05, 3.63) is 65.7 Å². The summed E-state index contributed by atoms with van der Waals surface area (Å²) in [7, 11) is -3.50. The van der Waals surface area contributed by atoms with Gasteiger partial charge in [-0.15, -0.1) is 0 Å². The van der Waals surface area contributed by atoms with Gasteiger partial charge in [0.25, 0.3) is 0 Å². The van der Waals surface area contributed by atoms with Crippen LogP contribution in [0.25, 0.3) is 0 Å². The van der Waals surface area contributed by atoms with E-state index in [1.54, 1.807) is 24.3 Å². The van der Waals surface area contributed by atoms with Crippen LogP contribution in [0.15, 0.2) is 59.5 Å². The van der Waals surface area contributed by atoms with Gasteiger partial charge in [0.15, 0.2) is 9.84 Å². The van der Waals surface area contributed by atoms with Crippen LogP contribution in [-0.2, 0) is 19.6 Å². The van der Waals surface area contributed by atoms with Crippen LogP contribution in [0.5, 0.6) is 0 Å². The molecule has 0 N–H and O–H groups in total. The number of hydrogen-bond acceptors (Lipinski definition) is 4. The average Bonchev–Trinajstić information content (AvgIpc) is 2.52. The zero-order valence-corrected chi connectivity index (χ0v) is 15.3. The molecule has 24 heavy (non-hydrogen) atoms. The van der Waals surface area contributed by atoms with Crippen molar-refractivity contribution in [2.45, 2.75) is 44.3 Å². The second-order valence-corrected chi connectivity index (χ2v) is 8.82. The Kier molecular flexibility index (Phi) is 5.80. The predicted octanol–water partition coefficient (Wildman–Crippen LogP) is 4.26. The fraction of sp³-hybridized carbons (Fsp3) is 0.368. The quantitative estimate of drug-likeness (QED) is 0.578. The highest BCUT2D eigenvalue weighted by molar-refractivity contribution is 7.91. The van der Waals surface area contributed by atoms with Gasteiger partial charge in [0, 0.05) is 0 Å². The van der Waals surface area contributed by atoms with Gasteiger partial charge in [0.2, 0.25) is 0 Å². The van der Waals surface area contributed by atoms with Crippen LogP contribution >= 0.6 is 0 Å². The van der Waals surface area contributed by atoms with Crippen molar-refractivity contribution in [1.82, 2.24) is 0 Å². The van der Waals surface area contributed by atoms with Gasteiger partial charge < -0.3 is 0 Å². The smallest absolute Gasteiger partial charge is 0.181 e. The third-order valence-corrected chi connectivity index (χ3v) is 5.07. The molecule has 0 heterocycles. The van der Waals surface area contributed by atoms with E-state index in [-0.39, 0.29) is 10.6 Å². The van der Waals surface area contributed by atoms with Crippen molar-refractivity contribution in [2.75, 3.05) is 5.75 Å². The van der Waals surface area contributed by atoms with Crippen LogP contribution in [0.2, 0.25) is 0 Å². The largest absolute Gasteiger partial charge is 0.230 e. The molecule has 1 unspecified atom stereocenters. The van der Waals surface area contributed by atoms with E-state index in [0.29, 0.717) is 0 Å². The first-order valence-electron chi connectivity index (χ1n) is 7.86. The van der Waals surface area contributed by atoms with Gasteiger partial charge >= 0.3 is 0 Å². The molecule has 0 amide bonds. The lowest BCUT2D eigenvalue weighted by atomic mass is 10.1. The van der Waals surface area contributed by atoms with Gasteiger partial charge in [-0.25, -0.2) is 18.2 Å². The molecule has 0 bridgehead atoms. The first-order valence-corrected chi connectivity index (χ1v) is 9.51. The third-order valence-electron chi connectivity index (χ3n) is 3.34. The lowest BCUT2D eigenvalue weighted by Crippen LogP contribution is -2.24. The van der Waals surface area contributed by atoms with E-state index in [0.717, 1.165) is 11.1 Å². The molecule has 0 radical (unpaired) electrons. The van der Waals surface area contributed by atoms with E-state index in [2.05, 4.69) is 0 Å². The van der Waals surface area contributed by atoms with E-state index in [1.165, 1.54) is 0 Å². The summed E-state index contributed by atoms with van der Waals surface area (Å²) in [6.07, 6.45) is -0.697. The SMILES string of the molecule is Cc1ccc(S(=O)(=O)CC(OOC(C)(C)C)c2ccccc2)cc1. The van der Waals surface area contributed by atoms with Crippen molar-refractivity contribution >= 4 is 9.84 Å². The van der Waals surface area contributed by atoms with Crippen molar-refractivity contribution in [1.29, 1.82) is 0 Å². The van der Waals surface area contributed by atoms with E-state index in [9.17, 15) is 8.42 Å². The van der Waals surface area contributed by atoms with E-state index < -0.39 is 21.5 Å². The molecule has 130 valence electrons. The molecular formula is C19H24O4S. The Morgan fingerprint density at radius 3 is 2.08 bits per heavy atom. The van der Waals surface area contributed by atoms with Gasteiger partial charge in [0.1, 0.15) is 6.10 Å². The molecule has 0 aliphatic carbocycles. The maximum Gasteiger partial charge on any atom is 0.181 e. The normalized spacial score (nSPS) is 13.7. The Balaban J connectivity index is 2.25.